The third-order valence-corrected chi connectivity index (χ3v) is 4.31. The zero-order valence-electron chi connectivity index (χ0n) is 14.2. The predicted molar refractivity (Wildman–Crippen MR) is 96.7 cm³/mol. The van der Waals surface area contributed by atoms with Gasteiger partial charge >= 0.3 is 0 Å². The molecule has 0 aliphatic carbocycles. The van der Waals surface area contributed by atoms with Crippen molar-refractivity contribution in [3.63, 3.8) is 0 Å². The molecule has 0 saturated heterocycles. The lowest BCUT2D eigenvalue weighted by Gasteiger charge is -2.12. The van der Waals surface area contributed by atoms with E-state index >= 15 is 0 Å². The van der Waals surface area contributed by atoms with Gasteiger partial charge in [0, 0.05) is 13.1 Å². The van der Waals surface area contributed by atoms with E-state index in [2.05, 4.69) is 40.0 Å². The minimum absolute atomic E-state index is 0.0396. The highest BCUT2D eigenvalue weighted by molar-refractivity contribution is 5.83. The molecule has 1 amide bonds. The molecule has 4 heteroatoms. The van der Waals surface area contributed by atoms with Gasteiger partial charge in [-0.1, -0.05) is 43.3 Å². The second kappa shape index (κ2) is 7.30. The SMILES string of the molecule is CCCn1cnc2cc(CNC(=O)[C@H](C)c3ccccc3)ccc21. The third-order valence-electron chi connectivity index (χ3n) is 4.31. The molecule has 1 atom stereocenters. The molecule has 0 spiro atoms. The van der Waals surface area contributed by atoms with Crippen molar-refractivity contribution >= 4 is 16.9 Å². The summed E-state index contributed by atoms with van der Waals surface area (Å²) in [5.41, 5.74) is 4.22. The average Bonchev–Trinajstić information content (AvgIpc) is 3.02. The first-order chi connectivity index (χ1) is 11.7. The Hall–Kier alpha value is -2.62. The van der Waals surface area contributed by atoms with Gasteiger partial charge in [0.2, 0.25) is 5.91 Å². The highest BCUT2D eigenvalue weighted by Crippen LogP contribution is 2.17. The van der Waals surface area contributed by atoms with E-state index in [9.17, 15) is 4.79 Å². The molecule has 0 unspecified atom stereocenters. The van der Waals surface area contributed by atoms with E-state index in [1.54, 1.807) is 0 Å². The molecule has 24 heavy (non-hydrogen) atoms. The monoisotopic (exact) mass is 321 g/mol. The fourth-order valence-corrected chi connectivity index (χ4v) is 2.87. The number of hydrogen-bond acceptors (Lipinski definition) is 2. The van der Waals surface area contributed by atoms with Gasteiger partial charge in [0.15, 0.2) is 0 Å². The first kappa shape index (κ1) is 16.2. The van der Waals surface area contributed by atoms with Crippen LogP contribution in [0.2, 0.25) is 0 Å². The van der Waals surface area contributed by atoms with Crippen LogP contribution in [0.15, 0.2) is 54.9 Å². The molecule has 0 radical (unpaired) electrons. The van der Waals surface area contributed by atoms with Crippen LogP contribution in [-0.2, 0) is 17.9 Å². The molecule has 0 aliphatic heterocycles. The molecule has 4 nitrogen and oxygen atoms in total. The van der Waals surface area contributed by atoms with Crippen molar-refractivity contribution in [3.05, 3.63) is 66.0 Å². The Kier molecular flexibility index (Phi) is 4.94. The third kappa shape index (κ3) is 3.48. The number of nitrogens with one attached hydrogen (secondary N) is 1. The Bertz CT molecular complexity index is 823. The van der Waals surface area contributed by atoms with Gasteiger partial charge in [-0.3, -0.25) is 4.79 Å². The second-order valence-corrected chi connectivity index (χ2v) is 6.11. The van der Waals surface area contributed by atoms with E-state index in [4.69, 9.17) is 0 Å². The highest BCUT2D eigenvalue weighted by atomic mass is 16.1. The molecule has 3 aromatic rings. The number of carbonyl (C=O) groups excluding carboxylic acids is 1. The van der Waals surface area contributed by atoms with Gasteiger partial charge < -0.3 is 9.88 Å². The maximum absolute atomic E-state index is 12.3. The topological polar surface area (TPSA) is 46.9 Å². The number of benzene rings is 2. The van der Waals surface area contributed by atoms with E-state index in [0.29, 0.717) is 6.54 Å². The standard InChI is InChI=1S/C20H23N3O/c1-3-11-23-14-22-18-12-16(9-10-19(18)23)13-21-20(24)15(2)17-7-5-4-6-8-17/h4-10,12,14-15H,3,11,13H2,1-2H3,(H,21,24)/t15-/m1/s1. The van der Waals surface area contributed by atoms with Crippen LogP contribution < -0.4 is 5.32 Å². The Morgan fingerprint density at radius 1 is 1.21 bits per heavy atom. The molecule has 0 fully saturated rings. The molecule has 3 rings (SSSR count). The van der Waals surface area contributed by atoms with Crippen LogP contribution in [0, 0.1) is 0 Å². The lowest BCUT2D eigenvalue weighted by Crippen LogP contribution is -2.27. The van der Waals surface area contributed by atoms with Gasteiger partial charge in [0.1, 0.15) is 0 Å². The summed E-state index contributed by atoms with van der Waals surface area (Å²) in [7, 11) is 0. The molecule has 0 aliphatic rings. The van der Waals surface area contributed by atoms with Crippen LogP contribution >= 0.6 is 0 Å². The summed E-state index contributed by atoms with van der Waals surface area (Å²) in [5.74, 6) is -0.114. The van der Waals surface area contributed by atoms with E-state index in [-0.39, 0.29) is 11.8 Å². The maximum atomic E-state index is 12.3. The molecule has 0 saturated carbocycles. The minimum Gasteiger partial charge on any atom is -0.352 e. The van der Waals surface area contributed by atoms with Crippen LogP contribution in [0.25, 0.3) is 11.0 Å². The molecule has 1 N–H and O–H groups in total. The van der Waals surface area contributed by atoms with Crippen molar-refractivity contribution < 1.29 is 4.79 Å². The number of hydrogen-bond donors (Lipinski definition) is 1. The smallest absolute Gasteiger partial charge is 0.227 e. The number of amides is 1. The maximum Gasteiger partial charge on any atom is 0.227 e. The zero-order chi connectivity index (χ0) is 16.9. The molecule has 124 valence electrons. The summed E-state index contributed by atoms with van der Waals surface area (Å²) < 4.78 is 2.16. The summed E-state index contributed by atoms with van der Waals surface area (Å²) in [6.45, 7) is 5.58. The van der Waals surface area contributed by atoms with Crippen LogP contribution in [0.3, 0.4) is 0 Å². The predicted octanol–water partition coefficient (Wildman–Crippen LogP) is 3.87. The fraction of sp³-hybridized carbons (Fsp3) is 0.300. The number of aryl methyl sites for hydroxylation is 1. The van der Waals surface area contributed by atoms with Crippen LogP contribution in [0.4, 0.5) is 0 Å². The summed E-state index contributed by atoms with van der Waals surface area (Å²) in [6, 6.07) is 16.0. The second-order valence-electron chi connectivity index (χ2n) is 6.11. The van der Waals surface area contributed by atoms with Gasteiger partial charge in [-0.15, -0.1) is 0 Å². The van der Waals surface area contributed by atoms with Crippen LogP contribution in [0.5, 0.6) is 0 Å². The number of aromatic nitrogens is 2. The largest absolute Gasteiger partial charge is 0.352 e. The Labute approximate surface area is 142 Å². The Morgan fingerprint density at radius 2 is 2.00 bits per heavy atom. The van der Waals surface area contributed by atoms with Crippen molar-refractivity contribution in [2.24, 2.45) is 0 Å². The van der Waals surface area contributed by atoms with Gasteiger partial charge in [0.05, 0.1) is 23.3 Å². The summed E-state index contributed by atoms with van der Waals surface area (Å²) in [6.07, 6.45) is 2.97. The molecular formula is C20H23N3O. The number of rotatable bonds is 6. The summed E-state index contributed by atoms with van der Waals surface area (Å²) >= 11 is 0. The quantitative estimate of drug-likeness (QED) is 0.749. The normalized spacial score (nSPS) is 12.2. The molecular weight excluding hydrogens is 298 g/mol. The first-order valence-electron chi connectivity index (χ1n) is 8.45. The zero-order valence-corrected chi connectivity index (χ0v) is 14.2. The molecule has 0 bridgehead atoms. The van der Waals surface area contributed by atoms with Gasteiger partial charge in [-0.25, -0.2) is 4.98 Å². The van der Waals surface area contributed by atoms with E-state index < -0.39 is 0 Å². The number of nitrogens with zero attached hydrogens (tertiary/aromatic N) is 2. The fourth-order valence-electron chi connectivity index (χ4n) is 2.87. The summed E-state index contributed by atoms with van der Waals surface area (Å²) in [5, 5.41) is 3.02. The lowest BCUT2D eigenvalue weighted by atomic mass is 10.0. The average molecular weight is 321 g/mol. The molecule has 1 heterocycles. The van der Waals surface area contributed by atoms with Crippen molar-refractivity contribution in [1.82, 2.24) is 14.9 Å². The lowest BCUT2D eigenvalue weighted by molar-refractivity contribution is -0.122. The number of imidazole rings is 1. The van der Waals surface area contributed by atoms with Crippen LogP contribution in [0.1, 0.15) is 37.3 Å². The van der Waals surface area contributed by atoms with Crippen molar-refractivity contribution in [3.8, 4) is 0 Å². The molecule has 2 aromatic carbocycles. The number of fused-ring (bicyclic) bond motifs is 1. The van der Waals surface area contributed by atoms with E-state index in [1.165, 1.54) is 0 Å². The van der Waals surface area contributed by atoms with E-state index in [0.717, 1.165) is 35.1 Å². The Morgan fingerprint density at radius 3 is 2.75 bits per heavy atom. The van der Waals surface area contributed by atoms with Crippen molar-refractivity contribution in [1.29, 1.82) is 0 Å². The Balaban J connectivity index is 1.66. The van der Waals surface area contributed by atoms with Gasteiger partial charge in [-0.05, 0) is 36.6 Å². The first-order valence-corrected chi connectivity index (χ1v) is 8.45. The van der Waals surface area contributed by atoms with E-state index in [1.807, 2.05) is 43.6 Å². The molecule has 1 aromatic heterocycles. The van der Waals surface area contributed by atoms with Crippen molar-refractivity contribution in [2.75, 3.05) is 0 Å². The van der Waals surface area contributed by atoms with Gasteiger partial charge in [-0.2, -0.15) is 0 Å². The summed E-state index contributed by atoms with van der Waals surface area (Å²) in [4.78, 5) is 16.8. The van der Waals surface area contributed by atoms with Gasteiger partial charge in [0.25, 0.3) is 0 Å². The highest BCUT2D eigenvalue weighted by Gasteiger charge is 2.14. The van der Waals surface area contributed by atoms with Crippen LogP contribution in [-0.4, -0.2) is 15.5 Å². The minimum atomic E-state index is -0.154. The number of carbonyl (C=O) groups is 1. The van der Waals surface area contributed by atoms with Crippen molar-refractivity contribution in [2.45, 2.75) is 39.3 Å².